The molecule has 21 heavy (non-hydrogen) atoms. The summed E-state index contributed by atoms with van der Waals surface area (Å²) in [4.78, 5) is 25.9. The van der Waals surface area contributed by atoms with Crippen LogP contribution in [0.3, 0.4) is 0 Å². The molecule has 0 aliphatic carbocycles. The molecule has 0 radical (unpaired) electrons. The molecule has 1 fully saturated rings. The van der Waals surface area contributed by atoms with Gasteiger partial charge in [0.05, 0.1) is 7.11 Å². The summed E-state index contributed by atoms with van der Waals surface area (Å²) in [6.45, 7) is 0.852. The summed E-state index contributed by atoms with van der Waals surface area (Å²) in [5.74, 6) is 0.564. The highest BCUT2D eigenvalue weighted by Gasteiger charge is 2.32. The predicted molar refractivity (Wildman–Crippen MR) is 78.4 cm³/mol. The molecule has 9 heteroatoms. The van der Waals surface area contributed by atoms with Crippen molar-refractivity contribution in [3.05, 3.63) is 22.6 Å². The first-order valence-electron chi connectivity index (χ1n) is 6.34. The molecule has 0 spiro atoms. The van der Waals surface area contributed by atoms with Crippen LogP contribution in [0.1, 0.15) is 6.42 Å². The van der Waals surface area contributed by atoms with Gasteiger partial charge in [0.2, 0.25) is 11.8 Å². The first-order valence-corrected chi connectivity index (χ1v) is 7.15. The van der Waals surface area contributed by atoms with E-state index < -0.39 is 0 Å². The van der Waals surface area contributed by atoms with Crippen LogP contribution in [-0.2, 0) is 4.79 Å². The molecule has 3 rings (SSSR count). The number of rotatable bonds is 4. The van der Waals surface area contributed by atoms with Crippen molar-refractivity contribution in [3.8, 4) is 5.88 Å². The van der Waals surface area contributed by atoms with Gasteiger partial charge in [-0.1, -0.05) is 16.5 Å². The number of amides is 1. The van der Waals surface area contributed by atoms with Crippen LogP contribution in [-0.4, -0.2) is 36.1 Å². The van der Waals surface area contributed by atoms with E-state index in [4.69, 9.17) is 10.3 Å². The molecule has 108 valence electrons. The number of azide groups is 1. The molecule has 2 aromatic rings. The van der Waals surface area contributed by atoms with Crippen molar-refractivity contribution in [1.82, 2.24) is 9.97 Å². The number of ether oxygens (including phenoxy) is 1. The summed E-state index contributed by atoms with van der Waals surface area (Å²) in [5, 5.41) is 4.16. The summed E-state index contributed by atoms with van der Waals surface area (Å²) >= 11 is 1.35. The lowest BCUT2D eigenvalue weighted by Gasteiger charge is -2.11. The second-order valence-electron chi connectivity index (χ2n) is 4.66. The van der Waals surface area contributed by atoms with Crippen LogP contribution < -0.4 is 9.64 Å². The van der Waals surface area contributed by atoms with E-state index in [1.165, 1.54) is 11.3 Å². The summed E-state index contributed by atoms with van der Waals surface area (Å²) in [6, 6.07) is 3.56. The van der Waals surface area contributed by atoms with Crippen LogP contribution in [0.15, 0.2) is 17.2 Å². The lowest BCUT2D eigenvalue weighted by molar-refractivity contribution is -0.117. The Hall–Kier alpha value is -2.38. The molecule has 2 aromatic heterocycles. The van der Waals surface area contributed by atoms with Gasteiger partial charge in [-0.05, 0) is 17.5 Å². The van der Waals surface area contributed by atoms with Crippen molar-refractivity contribution in [2.45, 2.75) is 6.42 Å². The Morgan fingerprint density at radius 1 is 1.57 bits per heavy atom. The van der Waals surface area contributed by atoms with E-state index in [9.17, 15) is 4.79 Å². The smallest absolute Gasteiger partial charge is 0.229 e. The molecule has 0 aromatic carbocycles. The fraction of sp³-hybridized carbons (Fsp3) is 0.417. The molecule has 1 unspecified atom stereocenters. The van der Waals surface area contributed by atoms with Crippen molar-refractivity contribution in [2.24, 2.45) is 11.0 Å². The van der Waals surface area contributed by atoms with Crippen molar-refractivity contribution >= 4 is 32.7 Å². The van der Waals surface area contributed by atoms with Crippen LogP contribution >= 0.6 is 11.3 Å². The fourth-order valence-corrected chi connectivity index (χ4v) is 3.22. The van der Waals surface area contributed by atoms with Gasteiger partial charge in [-0.3, -0.25) is 9.69 Å². The highest BCUT2D eigenvalue weighted by atomic mass is 32.1. The van der Waals surface area contributed by atoms with E-state index >= 15 is 0 Å². The van der Waals surface area contributed by atoms with Gasteiger partial charge in [0.25, 0.3) is 0 Å². The number of hydrogen-bond acceptors (Lipinski definition) is 6. The largest absolute Gasteiger partial charge is 0.481 e. The maximum atomic E-state index is 12.1. The minimum Gasteiger partial charge on any atom is -0.481 e. The molecule has 1 saturated heterocycles. The third-order valence-electron chi connectivity index (χ3n) is 3.27. The van der Waals surface area contributed by atoms with Crippen molar-refractivity contribution in [2.75, 3.05) is 25.1 Å². The third-order valence-corrected chi connectivity index (χ3v) is 4.25. The summed E-state index contributed by atoms with van der Waals surface area (Å²) < 4.78 is 5.08. The van der Waals surface area contributed by atoms with E-state index in [1.807, 2.05) is 6.07 Å². The topological polar surface area (TPSA) is 104 Å². The van der Waals surface area contributed by atoms with E-state index in [0.717, 1.165) is 10.3 Å². The molecule has 0 N–H and O–H groups in total. The SMILES string of the molecule is COc1ccc2nc(N3CC(CN=[N+]=[N-])CC3=O)sc2n1. The number of carbonyl (C=O) groups is 1. The van der Waals surface area contributed by atoms with Crippen molar-refractivity contribution in [1.29, 1.82) is 0 Å². The van der Waals surface area contributed by atoms with Crippen LogP contribution in [0.2, 0.25) is 0 Å². The van der Waals surface area contributed by atoms with Crippen LogP contribution in [0.4, 0.5) is 5.13 Å². The van der Waals surface area contributed by atoms with Gasteiger partial charge in [-0.15, -0.1) is 0 Å². The second kappa shape index (κ2) is 5.55. The first-order chi connectivity index (χ1) is 10.2. The average molecular weight is 304 g/mol. The first kappa shape index (κ1) is 13.6. The fourth-order valence-electron chi connectivity index (χ4n) is 2.26. The zero-order valence-corrected chi connectivity index (χ0v) is 12.1. The minimum absolute atomic E-state index is 0.000777. The van der Waals surface area contributed by atoms with E-state index in [-0.39, 0.29) is 11.8 Å². The Balaban J connectivity index is 1.86. The molecule has 1 aliphatic heterocycles. The van der Waals surface area contributed by atoms with Gasteiger partial charge in [0, 0.05) is 30.5 Å². The van der Waals surface area contributed by atoms with Gasteiger partial charge in [0.15, 0.2) is 5.13 Å². The zero-order chi connectivity index (χ0) is 14.8. The highest BCUT2D eigenvalue weighted by molar-refractivity contribution is 7.22. The van der Waals surface area contributed by atoms with E-state index in [0.29, 0.717) is 30.5 Å². The standard InChI is InChI=1S/C12H12N6O2S/c1-20-9-3-2-8-11(16-9)21-12(15-8)18-6-7(4-10(18)19)5-14-17-13/h2-3,7H,4-6H2,1H3. The maximum absolute atomic E-state index is 12.1. The molecule has 8 nitrogen and oxygen atoms in total. The second-order valence-corrected chi connectivity index (χ2v) is 5.62. The molecule has 0 saturated carbocycles. The number of thiazole rings is 1. The van der Waals surface area contributed by atoms with E-state index in [2.05, 4.69) is 20.0 Å². The van der Waals surface area contributed by atoms with Crippen molar-refractivity contribution < 1.29 is 9.53 Å². The lowest BCUT2D eigenvalue weighted by Crippen LogP contribution is -2.24. The lowest BCUT2D eigenvalue weighted by atomic mass is 10.1. The predicted octanol–water partition coefficient (Wildman–Crippen LogP) is 2.36. The summed E-state index contributed by atoms with van der Waals surface area (Å²) in [7, 11) is 1.56. The Bertz CT molecular complexity index is 738. The van der Waals surface area contributed by atoms with Gasteiger partial charge >= 0.3 is 0 Å². The van der Waals surface area contributed by atoms with Gasteiger partial charge in [-0.2, -0.15) is 0 Å². The van der Waals surface area contributed by atoms with Gasteiger partial charge in [0.1, 0.15) is 10.3 Å². The molecule has 3 heterocycles. The molecule has 1 aliphatic rings. The number of aromatic nitrogens is 2. The number of fused-ring (bicyclic) bond motifs is 1. The maximum Gasteiger partial charge on any atom is 0.229 e. The quantitative estimate of drug-likeness (QED) is 0.491. The normalized spacial score (nSPS) is 18.0. The number of anilines is 1. The number of carbonyl (C=O) groups excluding carboxylic acids is 1. The summed E-state index contributed by atoms with van der Waals surface area (Å²) in [5.41, 5.74) is 9.09. The zero-order valence-electron chi connectivity index (χ0n) is 11.3. The Labute approximate surface area is 124 Å². The Kier molecular flexibility index (Phi) is 3.59. The number of methoxy groups -OCH3 is 1. The molecular formula is C12H12N6O2S. The molecule has 1 amide bonds. The van der Waals surface area contributed by atoms with Gasteiger partial charge < -0.3 is 4.74 Å². The average Bonchev–Trinajstić information content (AvgIpc) is 3.07. The minimum atomic E-state index is -0.000777. The monoisotopic (exact) mass is 304 g/mol. The molecular weight excluding hydrogens is 292 g/mol. The van der Waals surface area contributed by atoms with Crippen LogP contribution in [0, 0.1) is 5.92 Å². The van der Waals surface area contributed by atoms with Crippen LogP contribution in [0.5, 0.6) is 5.88 Å². The molecule has 0 bridgehead atoms. The third kappa shape index (κ3) is 2.61. The summed E-state index contributed by atoms with van der Waals surface area (Å²) in [6.07, 6.45) is 0.381. The number of nitrogens with zero attached hydrogens (tertiary/aromatic N) is 6. The van der Waals surface area contributed by atoms with Gasteiger partial charge in [-0.25, -0.2) is 9.97 Å². The van der Waals surface area contributed by atoms with Crippen molar-refractivity contribution in [3.63, 3.8) is 0 Å². The van der Waals surface area contributed by atoms with E-state index in [1.54, 1.807) is 18.1 Å². The number of pyridine rings is 1. The van der Waals surface area contributed by atoms with Crippen LogP contribution in [0.25, 0.3) is 20.8 Å². The molecule has 1 atom stereocenters. The number of hydrogen-bond donors (Lipinski definition) is 0. The Morgan fingerprint density at radius 3 is 3.19 bits per heavy atom. The Morgan fingerprint density at radius 2 is 2.43 bits per heavy atom. The highest BCUT2D eigenvalue weighted by Crippen LogP contribution is 2.32.